The van der Waals surface area contributed by atoms with E-state index in [4.69, 9.17) is 4.74 Å². The molecule has 1 unspecified atom stereocenters. The number of hydrogen-bond acceptors (Lipinski definition) is 8. The number of non-ortho nitro benzene ring substituents is 1. The number of nitro groups is 1. The van der Waals surface area contributed by atoms with Gasteiger partial charge < -0.3 is 19.7 Å². The molecule has 2 aromatic carbocycles. The van der Waals surface area contributed by atoms with Crippen molar-refractivity contribution in [3.8, 4) is 5.75 Å². The summed E-state index contributed by atoms with van der Waals surface area (Å²) in [6.07, 6.45) is 0. The van der Waals surface area contributed by atoms with Crippen molar-refractivity contribution in [2.24, 2.45) is 7.05 Å². The van der Waals surface area contributed by atoms with Crippen molar-refractivity contribution in [1.82, 2.24) is 20.1 Å². The number of nitrogens with zero attached hydrogens (tertiary/aromatic N) is 4. The van der Waals surface area contributed by atoms with E-state index in [0.29, 0.717) is 28.0 Å². The van der Waals surface area contributed by atoms with E-state index < -0.39 is 11.0 Å². The van der Waals surface area contributed by atoms with Gasteiger partial charge in [-0.05, 0) is 29.8 Å². The van der Waals surface area contributed by atoms with Gasteiger partial charge in [-0.2, -0.15) is 0 Å². The first-order valence-electron chi connectivity index (χ1n) is 9.24. The average molecular weight is 443 g/mol. The number of methoxy groups -OCH3 is 1. The van der Waals surface area contributed by atoms with Crippen LogP contribution in [-0.4, -0.2) is 44.4 Å². The van der Waals surface area contributed by atoms with Crippen LogP contribution >= 0.6 is 11.8 Å². The molecule has 2 N–H and O–H groups in total. The Balaban J connectivity index is 1.66. The molecule has 0 fully saturated rings. The zero-order chi connectivity index (χ0) is 22.4. The van der Waals surface area contributed by atoms with Gasteiger partial charge in [-0.15, -0.1) is 10.2 Å². The Bertz CT molecular complexity index is 1050. The quantitative estimate of drug-likeness (QED) is 0.293. The highest BCUT2D eigenvalue weighted by Crippen LogP contribution is 2.24. The maximum Gasteiger partial charge on any atom is 0.269 e. The molecule has 3 rings (SSSR count). The SMILES string of the molecule is COc1ccc(C(=O)NC(CO)c2nnc(SCc3ccc([N+](=O)[O-])cc3)n2C)cc1. The van der Waals surface area contributed by atoms with E-state index in [-0.39, 0.29) is 18.2 Å². The second kappa shape index (κ2) is 10.0. The normalized spacial score (nSPS) is 11.7. The number of aromatic nitrogens is 3. The van der Waals surface area contributed by atoms with Gasteiger partial charge in [-0.3, -0.25) is 14.9 Å². The van der Waals surface area contributed by atoms with Gasteiger partial charge in [-0.25, -0.2) is 0 Å². The number of thioether (sulfide) groups is 1. The molecule has 162 valence electrons. The van der Waals surface area contributed by atoms with Crippen molar-refractivity contribution >= 4 is 23.4 Å². The zero-order valence-corrected chi connectivity index (χ0v) is 17.7. The van der Waals surface area contributed by atoms with Gasteiger partial charge in [0.1, 0.15) is 11.8 Å². The van der Waals surface area contributed by atoms with Gasteiger partial charge >= 0.3 is 0 Å². The highest BCUT2D eigenvalue weighted by molar-refractivity contribution is 7.98. The molecule has 0 saturated carbocycles. The summed E-state index contributed by atoms with van der Waals surface area (Å²) in [5, 5.41) is 32.1. The number of nitro benzene ring substituents is 1. The smallest absolute Gasteiger partial charge is 0.269 e. The standard InChI is InChI=1S/C20H21N5O5S/c1-24-18(17(11-26)21-19(27)14-5-9-16(30-2)10-6-14)22-23-20(24)31-12-13-3-7-15(8-4-13)25(28)29/h3-10,17,26H,11-12H2,1-2H3,(H,21,27). The number of carbonyl (C=O) groups is 1. The lowest BCUT2D eigenvalue weighted by molar-refractivity contribution is -0.384. The van der Waals surface area contributed by atoms with Crippen LogP contribution in [0.15, 0.2) is 53.7 Å². The highest BCUT2D eigenvalue weighted by Gasteiger charge is 2.22. The van der Waals surface area contributed by atoms with Crippen LogP contribution < -0.4 is 10.1 Å². The van der Waals surface area contributed by atoms with E-state index in [2.05, 4.69) is 15.5 Å². The Labute approximate surface area is 182 Å². The van der Waals surface area contributed by atoms with Crippen molar-refractivity contribution in [1.29, 1.82) is 0 Å². The molecule has 0 bridgehead atoms. The van der Waals surface area contributed by atoms with Crippen molar-refractivity contribution < 1.29 is 19.6 Å². The summed E-state index contributed by atoms with van der Waals surface area (Å²) >= 11 is 1.39. The molecule has 1 heterocycles. The molecule has 0 saturated heterocycles. The third kappa shape index (κ3) is 5.38. The lowest BCUT2D eigenvalue weighted by Gasteiger charge is -2.16. The average Bonchev–Trinajstić information content (AvgIpc) is 3.16. The van der Waals surface area contributed by atoms with Crippen LogP contribution in [0.2, 0.25) is 0 Å². The van der Waals surface area contributed by atoms with Crippen LogP contribution in [0.1, 0.15) is 27.8 Å². The summed E-state index contributed by atoms with van der Waals surface area (Å²) in [6, 6.07) is 12.2. The zero-order valence-electron chi connectivity index (χ0n) is 16.9. The molecule has 0 aliphatic heterocycles. The van der Waals surface area contributed by atoms with Gasteiger partial charge in [0, 0.05) is 30.5 Å². The number of benzene rings is 2. The number of carbonyl (C=O) groups excluding carboxylic acids is 1. The molecule has 0 radical (unpaired) electrons. The molecule has 31 heavy (non-hydrogen) atoms. The number of amides is 1. The molecular formula is C20H21N5O5S. The fraction of sp³-hybridized carbons (Fsp3) is 0.250. The topological polar surface area (TPSA) is 132 Å². The molecule has 1 atom stereocenters. The number of hydrogen-bond donors (Lipinski definition) is 2. The largest absolute Gasteiger partial charge is 0.497 e. The van der Waals surface area contributed by atoms with Crippen molar-refractivity contribution in [2.45, 2.75) is 17.0 Å². The molecule has 11 heteroatoms. The highest BCUT2D eigenvalue weighted by atomic mass is 32.2. The summed E-state index contributed by atoms with van der Waals surface area (Å²) in [4.78, 5) is 22.8. The van der Waals surface area contributed by atoms with Crippen LogP contribution in [0.5, 0.6) is 5.75 Å². The maximum atomic E-state index is 12.5. The van der Waals surface area contributed by atoms with Gasteiger partial charge in [-0.1, -0.05) is 23.9 Å². The Morgan fingerprint density at radius 2 is 1.90 bits per heavy atom. The molecular weight excluding hydrogens is 422 g/mol. The van der Waals surface area contributed by atoms with Crippen molar-refractivity contribution in [3.05, 3.63) is 75.6 Å². The number of aliphatic hydroxyl groups is 1. The fourth-order valence-electron chi connectivity index (χ4n) is 2.79. The molecule has 0 aliphatic carbocycles. The summed E-state index contributed by atoms with van der Waals surface area (Å²) in [6.45, 7) is -0.346. The number of ether oxygens (including phenoxy) is 1. The fourth-order valence-corrected chi connectivity index (χ4v) is 3.67. The predicted octanol–water partition coefficient (Wildman–Crippen LogP) is 2.49. The van der Waals surface area contributed by atoms with Gasteiger partial charge in [0.25, 0.3) is 11.6 Å². The van der Waals surface area contributed by atoms with Crippen LogP contribution in [0.3, 0.4) is 0 Å². The number of rotatable bonds is 9. The van der Waals surface area contributed by atoms with E-state index in [1.165, 1.54) is 23.9 Å². The minimum Gasteiger partial charge on any atom is -0.497 e. The first-order chi connectivity index (χ1) is 14.9. The van der Waals surface area contributed by atoms with E-state index in [9.17, 15) is 20.0 Å². The third-order valence-corrected chi connectivity index (χ3v) is 5.63. The Morgan fingerprint density at radius 1 is 1.23 bits per heavy atom. The minimum atomic E-state index is -0.735. The third-order valence-electron chi connectivity index (χ3n) is 4.54. The summed E-state index contributed by atoms with van der Waals surface area (Å²) < 4.78 is 6.78. The monoisotopic (exact) mass is 443 g/mol. The second-order valence-corrected chi connectivity index (χ2v) is 7.49. The molecule has 3 aromatic rings. The summed E-state index contributed by atoms with van der Waals surface area (Å²) in [5.41, 5.74) is 1.36. The Kier molecular flexibility index (Phi) is 7.21. The summed E-state index contributed by atoms with van der Waals surface area (Å²) in [5.74, 6) is 1.23. The first-order valence-corrected chi connectivity index (χ1v) is 10.2. The predicted molar refractivity (Wildman–Crippen MR) is 114 cm³/mol. The first kappa shape index (κ1) is 22.2. The molecule has 0 aliphatic rings. The molecule has 1 amide bonds. The van der Waals surface area contributed by atoms with E-state index in [1.807, 2.05) is 0 Å². The molecule has 1 aromatic heterocycles. The minimum absolute atomic E-state index is 0.0353. The lowest BCUT2D eigenvalue weighted by atomic mass is 10.2. The Morgan fingerprint density at radius 3 is 2.48 bits per heavy atom. The van der Waals surface area contributed by atoms with E-state index in [1.54, 1.807) is 55.1 Å². The van der Waals surface area contributed by atoms with Gasteiger partial charge in [0.2, 0.25) is 0 Å². The van der Waals surface area contributed by atoms with Gasteiger partial charge in [0.05, 0.1) is 18.6 Å². The lowest BCUT2D eigenvalue weighted by Crippen LogP contribution is -2.32. The number of nitrogens with one attached hydrogen (secondary N) is 1. The van der Waals surface area contributed by atoms with E-state index in [0.717, 1.165) is 5.56 Å². The van der Waals surface area contributed by atoms with Crippen LogP contribution in [-0.2, 0) is 12.8 Å². The van der Waals surface area contributed by atoms with E-state index >= 15 is 0 Å². The molecule has 0 spiro atoms. The summed E-state index contributed by atoms with van der Waals surface area (Å²) in [7, 11) is 3.29. The molecule has 10 nitrogen and oxygen atoms in total. The van der Waals surface area contributed by atoms with Crippen LogP contribution in [0.25, 0.3) is 0 Å². The van der Waals surface area contributed by atoms with Crippen LogP contribution in [0.4, 0.5) is 5.69 Å². The second-order valence-electron chi connectivity index (χ2n) is 6.55. The Hall–Kier alpha value is -3.44. The maximum absolute atomic E-state index is 12.5. The van der Waals surface area contributed by atoms with Crippen molar-refractivity contribution in [3.63, 3.8) is 0 Å². The van der Waals surface area contributed by atoms with Crippen LogP contribution in [0, 0.1) is 10.1 Å². The number of aliphatic hydroxyl groups excluding tert-OH is 1. The van der Waals surface area contributed by atoms with Crippen molar-refractivity contribution in [2.75, 3.05) is 13.7 Å². The van der Waals surface area contributed by atoms with Gasteiger partial charge in [0.15, 0.2) is 11.0 Å².